The van der Waals surface area contributed by atoms with Crippen LogP contribution in [0.2, 0.25) is 5.04 Å². The van der Waals surface area contributed by atoms with Crippen molar-refractivity contribution in [1.29, 1.82) is 0 Å². The molecule has 4 atom stereocenters. The summed E-state index contributed by atoms with van der Waals surface area (Å²) in [6.07, 6.45) is -3.20. The predicted molar refractivity (Wildman–Crippen MR) is 130 cm³/mol. The van der Waals surface area contributed by atoms with Crippen LogP contribution in [-0.4, -0.2) is 43.4 Å². The Bertz CT molecular complexity index is 949. The van der Waals surface area contributed by atoms with E-state index >= 15 is 0 Å². The van der Waals surface area contributed by atoms with Crippen LogP contribution in [0.15, 0.2) is 91.0 Å². The molecule has 0 aromatic heterocycles. The van der Waals surface area contributed by atoms with Gasteiger partial charge < -0.3 is 19.4 Å². The van der Waals surface area contributed by atoms with Gasteiger partial charge in [-0.3, -0.25) is 0 Å². The van der Waals surface area contributed by atoms with Crippen molar-refractivity contribution in [2.75, 3.05) is 6.61 Å². The van der Waals surface area contributed by atoms with Gasteiger partial charge in [0.1, 0.15) is 24.4 Å². The molecule has 1 fully saturated rings. The average molecular weight is 449 g/mol. The van der Waals surface area contributed by atoms with Crippen LogP contribution in [0.4, 0.5) is 0 Å². The lowest BCUT2D eigenvalue weighted by Crippen LogP contribution is -2.67. The zero-order valence-corrected chi connectivity index (χ0v) is 19.9. The molecule has 0 unspecified atom stereocenters. The van der Waals surface area contributed by atoms with Gasteiger partial charge in [-0.2, -0.15) is 0 Å². The molecule has 0 spiro atoms. The van der Waals surface area contributed by atoms with Gasteiger partial charge in [-0.1, -0.05) is 112 Å². The van der Waals surface area contributed by atoms with Gasteiger partial charge in [0.05, 0.1) is 6.61 Å². The summed E-state index contributed by atoms with van der Waals surface area (Å²) < 4.78 is 13.0. The summed E-state index contributed by atoms with van der Waals surface area (Å²) in [4.78, 5) is 0. The summed E-state index contributed by atoms with van der Waals surface area (Å²) in [6.45, 7) is 6.85. The minimum absolute atomic E-state index is 0.170. The highest BCUT2D eigenvalue weighted by atomic mass is 28.4. The van der Waals surface area contributed by atoms with E-state index in [2.05, 4.69) is 45.0 Å². The molecule has 4 nitrogen and oxygen atoms in total. The molecule has 0 bridgehead atoms. The van der Waals surface area contributed by atoms with E-state index in [-0.39, 0.29) is 11.6 Å². The molecule has 1 aliphatic rings. The summed E-state index contributed by atoms with van der Waals surface area (Å²) >= 11 is 0. The van der Waals surface area contributed by atoms with Crippen LogP contribution < -0.4 is 10.4 Å². The Balaban J connectivity index is 1.67. The normalized spacial score (nSPS) is 23.9. The first kappa shape index (κ1) is 22.9. The first-order valence-corrected chi connectivity index (χ1v) is 13.1. The van der Waals surface area contributed by atoms with Crippen LogP contribution in [0.5, 0.6) is 0 Å². The van der Waals surface area contributed by atoms with E-state index in [0.717, 1.165) is 5.56 Å². The second-order valence-electron chi connectivity index (χ2n) is 9.46. The molecule has 0 amide bonds. The number of ether oxygens (including phenoxy) is 1. The van der Waals surface area contributed by atoms with Crippen LogP contribution >= 0.6 is 0 Å². The molecular formula is C27H32O4Si. The van der Waals surface area contributed by atoms with Crippen molar-refractivity contribution in [3.8, 4) is 0 Å². The van der Waals surface area contributed by atoms with Gasteiger partial charge in [0.2, 0.25) is 0 Å². The maximum absolute atomic E-state index is 10.8. The SMILES string of the molecule is CC(C)(C)[Si](OC[C@@H]1O[C@H](c2ccccc2)[C@@H](O)[C@@H]1O)(c1ccccc1)c1ccccc1. The monoisotopic (exact) mass is 448 g/mol. The molecule has 168 valence electrons. The lowest BCUT2D eigenvalue weighted by molar-refractivity contribution is -0.0189. The first-order valence-electron chi connectivity index (χ1n) is 11.2. The van der Waals surface area contributed by atoms with E-state index < -0.39 is 32.7 Å². The third-order valence-electron chi connectivity index (χ3n) is 6.37. The van der Waals surface area contributed by atoms with Gasteiger partial charge in [-0.25, -0.2) is 0 Å². The molecule has 0 aliphatic carbocycles. The Morgan fingerprint density at radius 3 is 1.69 bits per heavy atom. The van der Waals surface area contributed by atoms with Crippen LogP contribution in [-0.2, 0) is 9.16 Å². The van der Waals surface area contributed by atoms with Crippen molar-refractivity contribution in [3.05, 3.63) is 96.6 Å². The van der Waals surface area contributed by atoms with E-state index in [4.69, 9.17) is 9.16 Å². The van der Waals surface area contributed by atoms with Crippen molar-refractivity contribution >= 4 is 18.7 Å². The van der Waals surface area contributed by atoms with E-state index in [1.807, 2.05) is 66.7 Å². The fourth-order valence-electron chi connectivity index (χ4n) is 4.77. The molecule has 3 aromatic carbocycles. The number of rotatable bonds is 6. The topological polar surface area (TPSA) is 58.9 Å². The van der Waals surface area contributed by atoms with Gasteiger partial charge in [0.25, 0.3) is 8.32 Å². The molecule has 2 N–H and O–H groups in total. The Morgan fingerprint density at radius 1 is 0.750 bits per heavy atom. The molecule has 5 heteroatoms. The lowest BCUT2D eigenvalue weighted by atomic mass is 10.0. The molecule has 1 saturated heterocycles. The second-order valence-corrected chi connectivity index (χ2v) is 13.8. The van der Waals surface area contributed by atoms with Gasteiger partial charge in [0, 0.05) is 0 Å². The fourth-order valence-corrected chi connectivity index (χ4v) is 9.34. The molecule has 3 aromatic rings. The van der Waals surface area contributed by atoms with Crippen molar-refractivity contribution in [3.63, 3.8) is 0 Å². The highest BCUT2D eigenvalue weighted by Crippen LogP contribution is 2.39. The van der Waals surface area contributed by atoms with Crippen LogP contribution in [0.3, 0.4) is 0 Å². The molecule has 0 saturated carbocycles. The van der Waals surface area contributed by atoms with Gasteiger partial charge in [-0.15, -0.1) is 0 Å². The maximum Gasteiger partial charge on any atom is 0.261 e. The Morgan fingerprint density at radius 2 is 1.22 bits per heavy atom. The van der Waals surface area contributed by atoms with Gasteiger partial charge in [-0.05, 0) is 21.0 Å². The maximum atomic E-state index is 10.8. The summed E-state index contributed by atoms with van der Waals surface area (Å²) in [5, 5.41) is 23.7. The highest BCUT2D eigenvalue weighted by molar-refractivity contribution is 6.99. The van der Waals surface area contributed by atoms with Gasteiger partial charge in [0.15, 0.2) is 0 Å². The van der Waals surface area contributed by atoms with Crippen molar-refractivity contribution in [2.45, 2.75) is 50.2 Å². The second kappa shape index (κ2) is 9.30. The summed E-state index contributed by atoms with van der Waals surface area (Å²) in [6, 6.07) is 30.3. The van der Waals surface area contributed by atoms with E-state index in [1.54, 1.807) is 0 Å². The number of aliphatic hydroxyl groups excluding tert-OH is 2. The molecule has 1 heterocycles. The van der Waals surface area contributed by atoms with Crippen molar-refractivity contribution in [1.82, 2.24) is 0 Å². The number of aliphatic hydroxyl groups is 2. The molecule has 4 rings (SSSR count). The Labute approximate surface area is 191 Å². The van der Waals surface area contributed by atoms with E-state index in [0.29, 0.717) is 0 Å². The van der Waals surface area contributed by atoms with E-state index in [1.165, 1.54) is 10.4 Å². The largest absolute Gasteiger partial charge is 0.405 e. The third-order valence-corrected chi connectivity index (χ3v) is 11.4. The summed E-state index contributed by atoms with van der Waals surface area (Å²) in [5.41, 5.74) is 0.854. The predicted octanol–water partition coefficient (Wildman–Crippen LogP) is 3.42. The fraction of sp³-hybridized carbons (Fsp3) is 0.333. The van der Waals surface area contributed by atoms with Gasteiger partial charge >= 0.3 is 0 Å². The van der Waals surface area contributed by atoms with Crippen LogP contribution in [0.1, 0.15) is 32.4 Å². The summed E-state index contributed by atoms with van der Waals surface area (Å²) in [5.74, 6) is 0. The highest BCUT2D eigenvalue weighted by Gasteiger charge is 2.52. The third kappa shape index (κ3) is 4.19. The molecule has 0 radical (unpaired) electrons. The number of hydrogen-bond acceptors (Lipinski definition) is 4. The minimum atomic E-state index is -2.74. The Kier molecular flexibility index (Phi) is 6.65. The quantitative estimate of drug-likeness (QED) is 0.568. The minimum Gasteiger partial charge on any atom is -0.405 e. The zero-order chi connectivity index (χ0) is 22.8. The molecule has 32 heavy (non-hydrogen) atoms. The standard InChI is InChI=1S/C27H32O4Si/c1-27(2,3)32(21-15-9-5-10-16-21,22-17-11-6-12-18-22)30-19-23-24(28)25(29)26(31-23)20-13-7-4-8-14-20/h4-18,23-26,28-29H,19H2,1-3H3/t23-,24+,25-,26+/m0/s1. The Hall–Kier alpha value is -2.28. The van der Waals surface area contributed by atoms with Crippen LogP contribution in [0, 0.1) is 0 Å². The number of benzene rings is 3. The van der Waals surface area contributed by atoms with E-state index in [9.17, 15) is 10.2 Å². The summed E-state index contributed by atoms with van der Waals surface area (Å²) in [7, 11) is -2.74. The number of hydrogen-bond donors (Lipinski definition) is 2. The smallest absolute Gasteiger partial charge is 0.261 e. The molecule has 1 aliphatic heterocycles. The van der Waals surface area contributed by atoms with Crippen LogP contribution in [0.25, 0.3) is 0 Å². The average Bonchev–Trinajstić information content (AvgIpc) is 3.09. The lowest BCUT2D eigenvalue weighted by Gasteiger charge is -2.43. The van der Waals surface area contributed by atoms with Crippen molar-refractivity contribution in [2.24, 2.45) is 0 Å². The molecular weight excluding hydrogens is 416 g/mol. The van der Waals surface area contributed by atoms with Crippen molar-refractivity contribution < 1.29 is 19.4 Å². The first-order chi connectivity index (χ1) is 15.3. The zero-order valence-electron chi connectivity index (χ0n) is 18.9.